The highest BCUT2D eigenvalue weighted by atomic mass is 32.2. The van der Waals surface area contributed by atoms with Gasteiger partial charge in [-0.2, -0.15) is 0 Å². The Bertz CT molecular complexity index is 215. The number of aliphatic hydroxyl groups excluding tert-OH is 1. The van der Waals surface area contributed by atoms with Gasteiger partial charge in [0.15, 0.2) is 0 Å². The Balaban J connectivity index is 3.92. The third kappa shape index (κ3) is 5.20. The highest BCUT2D eigenvalue weighted by Gasteiger charge is 2.16. The summed E-state index contributed by atoms with van der Waals surface area (Å²) in [6.07, 6.45) is 0. The Hall–Kier alpha value is -0.170. The van der Waals surface area contributed by atoms with Gasteiger partial charge in [-0.15, -0.1) is 0 Å². The summed E-state index contributed by atoms with van der Waals surface area (Å²) in [7, 11) is -1.80. The average molecular weight is 211 g/mol. The van der Waals surface area contributed by atoms with Crippen LogP contribution >= 0.6 is 0 Å². The minimum Gasteiger partial charge on any atom is -0.395 e. The van der Waals surface area contributed by atoms with Crippen molar-refractivity contribution in [3.63, 3.8) is 0 Å². The van der Waals surface area contributed by atoms with Gasteiger partial charge in [0.05, 0.1) is 19.0 Å². The summed E-state index contributed by atoms with van der Waals surface area (Å²) in [5, 5.41) is 8.53. The van der Waals surface area contributed by atoms with E-state index in [-0.39, 0.29) is 25.5 Å². The quantitative estimate of drug-likeness (QED) is 0.564. The molecular formula is C7H17NO4S. The molecule has 0 aromatic carbocycles. The van der Waals surface area contributed by atoms with Gasteiger partial charge < -0.3 is 9.84 Å². The van der Waals surface area contributed by atoms with Crippen LogP contribution in [0, 0.1) is 0 Å². The molecule has 0 bridgehead atoms. The highest BCUT2D eigenvalue weighted by Crippen LogP contribution is 1.97. The van der Waals surface area contributed by atoms with Crippen LogP contribution in [0.5, 0.6) is 0 Å². The highest BCUT2D eigenvalue weighted by molar-refractivity contribution is 7.89. The standard InChI is InChI=1S/C7H17NO4S/c1-3-12-6-7-13(10,11)8(2)4-5-9/h9H,3-7H2,1-2H3. The predicted octanol–water partition coefficient (Wildman–Crippen LogP) is -0.723. The Kier molecular flexibility index (Phi) is 6.23. The molecule has 5 nitrogen and oxygen atoms in total. The fourth-order valence-electron chi connectivity index (χ4n) is 0.744. The van der Waals surface area contributed by atoms with Crippen molar-refractivity contribution < 1.29 is 18.3 Å². The SMILES string of the molecule is CCOCCS(=O)(=O)N(C)CCO. The maximum Gasteiger partial charge on any atom is 0.216 e. The smallest absolute Gasteiger partial charge is 0.216 e. The lowest BCUT2D eigenvalue weighted by atomic mass is 10.7. The minimum absolute atomic E-state index is 0.0304. The first-order valence-corrected chi connectivity index (χ1v) is 5.78. The molecule has 0 radical (unpaired) electrons. The van der Waals surface area contributed by atoms with Crippen LogP contribution in [0.15, 0.2) is 0 Å². The summed E-state index contributed by atoms with van der Waals surface area (Å²) in [5.74, 6) is -0.0304. The number of ether oxygens (including phenoxy) is 1. The molecule has 0 atom stereocenters. The van der Waals surface area contributed by atoms with Gasteiger partial charge in [0.25, 0.3) is 0 Å². The summed E-state index contributed by atoms with van der Waals surface area (Å²) in [5.41, 5.74) is 0. The second kappa shape index (κ2) is 6.31. The zero-order chi connectivity index (χ0) is 10.3. The molecule has 0 aliphatic carbocycles. The van der Waals surface area contributed by atoms with Crippen LogP contribution in [-0.4, -0.2) is 57.0 Å². The van der Waals surface area contributed by atoms with Crippen molar-refractivity contribution in [2.24, 2.45) is 0 Å². The van der Waals surface area contributed by atoms with Crippen LogP contribution in [0.3, 0.4) is 0 Å². The summed E-state index contributed by atoms with van der Waals surface area (Å²) in [6, 6.07) is 0. The number of sulfonamides is 1. The largest absolute Gasteiger partial charge is 0.395 e. The molecule has 0 spiro atoms. The monoisotopic (exact) mass is 211 g/mol. The zero-order valence-electron chi connectivity index (χ0n) is 8.06. The van der Waals surface area contributed by atoms with Gasteiger partial charge in [-0.25, -0.2) is 12.7 Å². The molecule has 0 aromatic heterocycles. The van der Waals surface area contributed by atoms with Gasteiger partial charge in [-0.1, -0.05) is 0 Å². The fourth-order valence-corrected chi connectivity index (χ4v) is 1.74. The molecule has 0 saturated heterocycles. The lowest BCUT2D eigenvalue weighted by molar-refractivity contribution is 0.162. The normalized spacial score (nSPS) is 12.3. The Labute approximate surface area is 79.4 Å². The van der Waals surface area contributed by atoms with E-state index in [0.717, 1.165) is 4.31 Å². The van der Waals surface area contributed by atoms with Gasteiger partial charge >= 0.3 is 0 Å². The van der Waals surface area contributed by atoms with Gasteiger partial charge in [-0.3, -0.25) is 0 Å². The molecule has 0 aliphatic heterocycles. The summed E-state index contributed by atoms with van der Waals surface area (Å²) in [6.45, 7) is 2.50. The topological polar surface area (TPSA) is 66.8 Å². The lowest BCUT2D eigenvalue weighted by Gasteiger charge is -2.15. The van der Waals surface area contributed by atoms with E-state index in [1.165, 1.54) is 7.05 Å². The second-order valence-corrected chi connectivity index (χ2v) is 4.75. The van der Waals surface area contributed by atoms with Gasteiger partial charge in [0.2, 0.25) is 10.0 Å². The Morgan fingerprint density at radius 3 is 2.54 bits per heavy atom. The molecule has 0 amide bonds. The van der Waals surface area contributed by atoms with Crippen LogP contribution in [0.1, 0.15) is 6.92 Å². The number of nitrogens with zero attached hydrogens (tertiary/aromatic N) is 1. The lowest BCUT2D eigenvalue weighted by Crippen LogP contribution is -2.33. The first-order chi connectivity index (χ1) is 6.04. The van der Waals surface area contributed by atoms with E-state index in [9.17, 15) is 8.42 Å². The van der Waals surface area contributed by atoms with Crippen molar-refractivity contribution in [3.05, 3.63) is 0 Å². The summed E-state index contributed by atoms with van der Waals surface area (Å²) < 4.78 is 28.7. The zero-order valence-corrected chi connectivity index (χ0v) is 8.88. The van der Waals surface area contributed by atoms with E-state index < -0.39 is 10.0 Å². The van der Waals surface area contributed by atoms with Crippen molar-refractivity contribution in [1.29, 1.82) is 0 Å². The van der Waals surface area contributed by atoms with Crippen molar-refractivity contribution in [2.45, 2.75) is 6.92 Å². The first kappa shape index (κ1) is 12.8. The van der Waals surface area contributed by atoms with E-state index in [0.29, 0.717) is 6.61 Å². The minimum atomic E-state index is -3.25. The maximum atomic E-state index is 11.3. The predicted molar refractivity (Wildman–Crippen MR) is 50.0 cm³/mol. The number of likely N-dealkylation sites (N-methyl/N-ethyl adjacent to an activating group) is 1. The van der Waals surface area contributed by atoms with Gasteiger partial charge in [-0.05, 0) is 6.92 Å². The van der Waals surface area contributed by atoms with Crippen molar-refractivity contribution >= 4 is 10.0 Å². The van der Waals surface area contributed by atoms with Crippen LogP contribution in [0.25, 0.3) is 0 Å². The molecule has 13 heavy (non-hydrogen) atoms. The van der Waals surface area contributed by atoms with Crippen LogP contribution in [0.4, 0.5) is 0 Å². The number of hydrogen-bond acceptors (Lipinski definition) is 4. The molecule has 0 saturated carbocycles. The van der Waals surface area contributed by atoms with E-state index in [1.54, 1.807) is 0 Å². The number of aliphatic hydroxyl groups is 1. The van der Waals surface area contributed by atoms with Crippen molar-refractivity contribution in [2.75, 3.05) is 39.2 Å². The molecule has 0 aromatic rings. The van der Waals surface area contributed by atoms with Crippen molar-refractivity contribution in [3.8, 4) is 0 Å². The first-order valence-electron chi connectivity index (χ1n) is 4.17. The Morgan fingerprint density at radius 1 is 1.46 bits per heavy atom. The third-order valence-electron chi connectivity index (χ3n) is 1.58. The molecule has 0 unspecified atom stereocenters. The fraction of sp³-hybridized carbons (Fsp3) is 1.00. The van der Waals surface area contributed by atoms with Crippen LogP contribution in [-0.2, 0) is 14.8 Å². The van der Waals surface area contributed by atoms with E-state index in [4.69, 9.17) is 9.84 Å². The molecule has 0 fully saturated rings. The number of hydrogen-bond donors (Lipinski definition) is 1. The second-order valence-electron chi connectivity index (χ2n) is 2.56. The Morgan fingerprint density at radius 2 is 2.08 bits per heavy atom. The molecule has 0 rings (SSSR count). The van der Waals surface area contributed by atoms with E-state index in [2.05, 4.69) is 0 Å². The summed E-state index contributed by atoms with van der Waals surface area (Å²) in [4.78, 5) is 0. The van der Waals surface area contributed by atoms with Crippen LogP contribution < -0.4 is 0 Å². The molecule has 0 heterocycles. The maximum absolute atomic E-state index is 11.3. The third-order valence-corrected chi connectivity index (χ3v) is 3.39. The molecule has 80 valence electrons. The molecular weight excluding hydrogens is 194 g/mol. The van der Waals surface area contributed by atoms with Crippen LogP contribution in [0.2, 0.25) is 0 Å². The van der Waals surface area contributed by atoms with Gasteiger partial charge in [0.1, 0.15) is 0 Å². The average Bonchev–Trinajstić information content (AvgIpc) is 2.05. The molecule has 6 heteroatoms. The van der Waals surface area contributed by atoms with Crippen molar-refractivity contribution in [1.82, 2.24) is 4.31 Å². The van der Waals surface area contributed by atoms with E-state index >= 15 is 0 Å². The van der Waals surface area contributed by atoms with E-state index in [1.807, 2.05) is 6.92 Å². The van der Waals surface area contributed by atoms with Gasteiger partial charge in [0, 0.05) is 20.2 Å². The number of rotatable bonds is 7. The molecule has 0 aliphatic rings. The molecule has 1 N–H and O–H groups in total. The summed E-state index contributed by atoms with van der Waals surface area (Å²) >= 11 is 0.